The zero-order valence-corrected chi connectivity index (χ0v) is 19.3. The maximum atomic E-state index is 13.2. The second-order valence-electron chi connectivity index (χ2n) is 8.61. The van der Waals surface area contributed by atoms with Crippen molar-refractivity contribution in [2.45, 2.75) is 52.2 Å². The highest BCUT2D eigenvalue weighted by molar-refractivity contribution is 6.30. The number of carbonyl (C=O) groups excluding carboxylic acids is 3. The van der Waals surface area contributed by atoms with Crippen LogP contribution in [-0.2, 0) is 36.9 Å². The number of nitrogens with two attached hydrogens (primary N) is 1. The van der Waals surface area contributed by atoms with Crippen LogP contribution in [-0.4, -0.2) is 60.8 Å². The molecule has 0 aromatic heterocycles. The third-order valence-corrected chi connectivity index (χ3v) is 5.26. The van der Waals surface area contributed by atoms with Gasteiger partial charge in [0.15, 0.2) is 6.10 Å². The molecule has 33 heavy (non-hydrogen) atoms. The first kappa shape index (κ1) is 26.9. The second kappa shape index (κ2) is 10.7. The minimum Gasteiger partial charge on any atom is -0.445 e. The van der Waals surface area contributed by atoms with Gasteiger partial charge >= 0.3 is 12.1 Å². The predicted molar refractivity (Wildman–Crippen MR) is 113 cm³/mol. The van der Waals surface area contributed by atoms with Gasteiger partial charge in [-0.05, 0) is 23.3 Å². The molecular weight excluding hydrogens is 467 g/mol. The lowest BCUT2D eigenvalue weighted by atomic mass is 9.87. The number of benzene rings is 1. The predicted octanol–water partition coefficient (Wildman–Crippen LogP) is 2.16. The van der Waals surface area contributed by atoms with Gasteiger partial charge in [0.1, 0.15) is 6.04 Å². The Morgan fingerprint density at radius 3 is 2.52 bits per heavy atom. The Balaban J connectivity index is 2.20. The largest absolute Gasteiger partial charge is 0.490 e. The maximum absolute atomic E-state index is 13.2. The summed E-state index contributed by atoms with van der Waals surface area (Å²) < 4.78 is 48.1. The number of rotatable bonds is 6. The molecule has 1 aliphatic heterocycles. The average Bonchev–Trinajstić information content (AvgIpc) is 2.73. The summed E-state index contributed by atoms with van der Waals surface area (Å²) in [5, 5.41) is 3.14. The lowest BCUT2D eigenvalue weighted by molar-refractivity contribution is -0.212. The van der Waals surface area contributed by atoms with Crippen LogP contribution in [0.4, 0.5) is 13.2 Å². The Kier molecular flexibility index (Phi) is 8.72. The number of hydrogen-bond acceptors (Lipinski definition) is 6. The Bertz CT molecular complexity index is 889. The number of nitrogens with zero attached hydrogens (tertiary/aromatic N) is 1. The van der Waals surface area contributed by atoms with Gasteiger partial charge in [0.2, 0.25) is 5.91 Å². The molecule has 1 aromatic carbocycles. The topological polar surface area (TPSA) is 111 Å². The maximum Gasteiger partial charge on any atom is 0.490 e. The quantitative estimate of drug-likeness (QED) is 0.588. The number of hydrogen-bond donors (Lipinski definition) is 2. The Morgan fingerprint density at radius 2 is 1.94 bits per heavy atom. The molecule has 0 bridgehead atoms. The van der Waals surface area contributed by atoms with Gasteiger partial charge in [-0.3, -0.25) is 9.59 Å². The van der Waals surface area contributed by atoms with E-state index in [-0.39, 0.29) is 32.8 Å². The van der Waals surface area contributed by atoms with Crippen LogP contribution < -0.4 is 11.1 Å². The summed E-state index contributed by atoms with van der Waals surface area (Å²) in [6.07, 6.45) is -7.01. The van der Waals surface area contributed by atoms with Gasteiger partial charge in [-0.2, -0.15) is 13.2 Å². The van der Waals surface area contributed by atoms with Crippen molar-refractivity contribution in [3.05, 3.63) is 34.3 Å². The fourth-order valence-corrected chi connectivity index (χ4v) is 3.46. The van der Waals surface area contributed by atoms with E-state index in [0.29, 0.717) is 10.6 Å². The van der Waals surface area contributed by atoms with Crippen molar-refractivity contribution >= 4 is 29.4 Å². The lowest BCUT2D eigenvalue weighted by Gasteiger charge is -2.39. The van der Waals surface area contributed by atoms with Crippen molar-refractivity contribution in [1.29, 1.82) is 0 Å². The van der Waals surface area contributed by atoms with Gasteiger partial charge in [-0.1, -0.05) is 38.4 Å². The molecule has 0 aliphatic carbocycles. The number of amides is 2. The third-order valence-electron chi connectivity index (χ3n) is 5.02. The SMILES string of the molecule is CC(C)(C)[C@@H](OC(=O)C(F)(F)F)C(=O)N1CCOC[C@H]1C(=O)NCc1cc(Cl)ccc1CN. The van der Waals surface area contributed by atoms with Crippen molar-refractivity contribution in [3.63, 3.8) is 0 Å². The summed E-state index contributed by atoms with van der Waals surface area (Å²) in [6.45, 7) is 4.52. The summed E-state index contributed by atoms with van der Waals surface area (Å²) in [5.74, 6) is -3.96. The number of alkyl halides is 3. The summed E-state index contributed by atoms with van der Waals surface area (Å²) in [7, 11) is 0. The van der Waals surface area contributed by atoms with Crippen LogP contribution in [0.3, 0.4) is 0 Å². The molecule has 2 atom stereocenters. The molecule has 1 aliphatic rings. The van der Waals surface area contributed by atoms with E-state index in [1.807, 2.05) is 0 Å². The molecule has 1 saturated heterocycles. The molecule has 3 N–H and O–H groups in total. The zero-order valence-electron chi connectivity index (χ0n) is 18.5. The molecule has 0 radical (unpaired) electrons. The summed E-state index contributed by atoms with van der Waals surface area (Å²) in [4.78, 5) is 38.6. The second-order valence-corrected chi connectivity index (χ2v) is 9.04. The standard InChI is InChI=1S/C21H27ClF3N3O5/c1-20(2,3)16(33-19(31)21(23,24)25)18(30)28-6-7-32-11-15(28)17(29)27-10-13-8-14(22)5-4-12(13)9-26/h4-5,8,15-16H,6-7,9-11,26H2,1-3H3,(H,27,29)/t15-,16-/m0/s1. The van der Waals surface area contributed by atoms with Crippen molar-refractivity contribution < 1.29 is 37.0 Å². The summed E-state index contributed by atoms with van der Waals surface area (Å²) >= 11 is 6.01. The highest BCUT2D eigenvalue weighted by atomic mass is 35.5. The van der Waals surface area contributed by atoms with Crippen LogP contribution >= 0.6 is 11.6 Å². The van der Waals surface area contributed by atoms with Gasteiger partial charge in [-0.25, -0.2) is 4.79 Å². The number of morpholine rings is 1. The molecule has 8 nitrogen and oxygen atoms in total. The molecule has 1 fully saturated rings. The Morgan fingerprint density at radius 1 is 1.27 bits per heavy atom. The van der Waals surface area contributed by atoms with E-state index < -0.39 is 41.5 Å². The van der Waals surface area contributed by atoms with Gasteiger partial charge in [0, 0.05) is 30.1 Å². The van der Waals surface area contributed by atoms with Gasteiger partial charge < -0.3 is 25.4 Å². The Labute approximate surface area is 194 Å². The molecule has 2 rings (SSSR count). The van der Waals surface area contributed by atoms with Gasteiger partial charge in [0.25, 0.3) is 5.91 Å². The van der Waals surface area contributed by atoms with Crippen LogP contribution in [0.5, 0.6) is 0 Å². The third kappa shape index (κ3) is 7.05. The van der Waals surface area contributed by atoms with Gasteiger partial charge in [0.05, 0.1) is 13.2 Å². The minimum absolute atomic E-state index is 0.0573. The van der Waals surface area contributed by atoms with Crippen molar-refractivity contribution in [3.8, 4) is 0 Å². The summed E-state index contributed by atoms with van der Waals surface area (Å²) in [5.41, 5.74) is 5.99. The van der Waals surface area contributed by atoms with Crippen LogP contribution in [0.1, 0.15) is 31.9 Å². The molecule has 184 valence electrons. The number of carbonyl (C=O) groups is 3. The summed E-state index contributed by atoms with van der Waals surface area (Å²) in [6, 6.07) is 3.92. The van der Waals surface area contributed by atoms with E-state index in [9.17, 15) is 27.6 Å². The molecular formula is C21H27ClF3N3O5. The normalized spacial score (nSPS) is 17.9. The van der Waals surface area contributed by atoms with E-state index in [1.54, 1.807) is 18.2 Å². The van der Waals surface area contributed by atoms with E-state index in [2.05, 4.69) is 10.1 Å². The number of halogens is 4. The molecule has 2 amide bonds. The van der Waals surface area contributed by atoms with E-state index in [0.717, 1.165) is 10.5 Å². The number of esters is 1. The van der Waals surface area contributed by atoms with Crippen molar-refractivity contribution in [1.82, 2.24) is 10.2 Å². The fraction of sp³-hybridized carbons (Fsp3) is 0.571. The van der Waals surface area contributed by atoms with Crippen LogP contribution in [0, 0.1) is 5.41 Å². The Hall–Kier alpha value is -2.37. The van der Waals surface area contributed by atoms with Gasteiger partial charge in [-0.15, -0.1) is 0 Å². The smallest absolute Gasteiger partial charge is 0.445 e. The first-order valence-electron chi connectivity index (χ1n) is 10.2. The highest BCUT2D eigenvalue weighted by Gasteiger charge is 2.48. The first-order chi connectivity index (χ1) is 15.3. The zero-order chi connectivity index (χ0) is 25.0. The molecule has 0 saturated carbocycles. The first-order valence-corrected chi connectivity index (χ1v) is 10.5. The molecule has 1 heterocycles. The van der Waals surface area contributed by atoms with E-state index in [4.69, 9.17) is 22.1 Å². The van der Waals surface area contributed by atoms with E-state index in [1.165, 1.54) is 20.8 Å². The molecule has 0 unspecified atom stereocenters. The average molecular weight is 494 g/mol. The monoisotopic (exact) mass is 493 g/mol. The fourth-order valence-electron chi connectivity index (χ4n) is 3.27. The van der Waals surface area contributed by atoms with Crippen LogP contribution in [0.2, 0.25) is 5.02 Å². The molecule has 1 aromatic rings. The molecule has 12 heteroatoms. The molecule has 0 spiro atoms. The minimum atomic E-state index is -5.26. The highest BCUT2D eigenvalue weighted by Crippen LogP contribution is 2.29. The van der Waals surface area contributed by atoms with Crippen molar-refractivity contribution in [2.24, 2.45) is 11.1 Å². The lowest BCUT2D eigenvalue weighted by Crippen LogP contribution is -2.60. The number of nitrogens with one attached hydrogen (secondary N) is 1. The van der Waals surface area contributed by atoms with Crippen LogP contribution in [0.15, 0.2) is 18.2 Å². The van der Waals surface area contributed by atoms with E-state index >= 15 is 0 Å². The number of ether oxygens (including phenoxy) is 2. The van der Waals surface area contributed by atoms with Crippen molar-refractivity contribution in [2.75, 3.05) is 19.8 Å². The van der Waals surface area contributed by atoms with Crippen LogP contribution in [0.25, 0.3) is 0 Å².